The zero-order valence-corrected chi connectivity index (χ0v) is 15.7. The molecular weight excluding hydrogens is 366 g/mol. The van der Waals surface area contributed by atoms with Crippen molar-refractivity contribution in [3.63, 3.8) is 0 Å². The lowest BCUT2D eigenvalue weighted by Crippen LogP contribution is -2.17. The molecule has 0 bridgehead atoms. The number of nitro groups is 1. The molecular formula is C19H21N3O6. The van der Waals surface area contributed by atoms with Crippen LogP contribution in [0, 0.1) is 10.1 Å². The Bertz CT molecular complexity index is 866. The third kappa shape index (κ3) is 6.27. The van der Waals surface area contributed by atoms with E-state index in [4.69, 9.17) is 14.3 Å². The largest absolute Gasteiger partial charge is 0.493 e. The lowest BCUT2D eigenvalue weighted by molar-refractivity contribution is -0.384. The van der Waals surface area contributed by atoms with E-state index in [1.54, 1.807) is 24.3 Å². The molecule has 2 aromatic carbocycles. The molecule has 0 radical (unpaired) electrons. The molecule has 1 amide bonds. The van der Waals surface area contributed by atoms with E-state index in [2.05, 4.69) is 10.5 Å². The number of benzene rings is 2. The van der Waals surface area contributed by atoms with Crippen LogP contribution in [-0.4, -0.2) is 36.9 Å². The van der Waals surface area contributed by atoms with Gasteiger partial charge in [-0.2, -0.15) is 0 Å². The van der Waals surface area contributed by atoms with Gasteiger partial charge < -0.3 is 19.6 Å². The molecule has 9 heteroatoms. The highest BCUT2D eigenvalue weighted by atomic mass is 16.6. The van der Waals surface area contributed by atoms with Crippen molar-refractivity contribution < 1.29 is 24.0 Å². The lowest BCUT2D eigenvalue weighted by Gasteiger charge is -2.13. The van der Waals surface area contributed by atoms with Gasteiger partial charge in [-0.25, -0.2) is 0 Å². The average molecular weight is 387 g/mol. The van der Waals surface area contributed by atoms with E-state index < -0.39 is 10.8 Å². The lowest BCUT2D eigenvalue weighted by atomic mass is 10.2. The Balaban J connectivity index is 1.88. The predicted molar refractivity (Wildman–Crippen MR) is 104 cm³/mol. The first kappa shape index (κ1) is 20.7. The maximum absolute atomic E-state index is 11.8. The molecule has 0 heterocycles. The fourth-order valence-electron chi connectivity index (χ4n) is 2.20. The number of anilines is 1. The number of nitro benzene ring substituents is 1. The van der Waals surface area contributed by atoms with Crippen LogP contribution in [0.25, 0.3) is 0 Å². The molecule has 0 unspecified atom stereocenters. The Kier molecular flexibility index (Phi) is 7.32. The summed E-state index contributed by atoms with van der Waals surface area (Å²) < 4.78 is 10.9. The summed E-state index contributed by atoms with van der Waals surface area (Å²) in [5, 5.41) is 17.0. The third-order valence-electron chi connectivity index (χ3n) is 3.36. The molecule has 148 valence electrons. The Labute approximate surface area is 162 Å². The van der Waals surface area contributed by atoms with Crippen LogP contribution in [0.1, 0.15) is 19.4 Å². The van der Waals surface area contributed by atoms with Crippen molar-refractivity contribution in [2.24, 2.45) is 5.16 Å². The Hall–Kier alpha value is -3.62. The number of amides is 1. The highest BCUT2D eigenvalue weighted by Crippen LogP contribution is 2.28. The van der Waals surface area contributed by atoms with Gasteiger partial charge in [0.15, 0.2) is 18.1 Å². The van der Waals surface area contributed by atoms with Crippen LogP contribution in [0.15, 0.2) is 47.6 Å². The standard InChI is InChI=1S/C19H21N3O6/c1-13(2)28-17-8-7-14(9-18(17)26-3)11-20-27-12-19(23)21-15-5-4-6-16(10-15)22(24)25/h4-11,13H,12H2,1-3H3,(H,21,23)/b20-11-. The minimum atomic E-state index is -0.539. The fourth-order valence-corrected chi connectivity index (χ4v) is 2.20. The highest BCUT2D eigenvalue weighted by molar-refractivity contribution is 5.92. The summed E-state index contributed by atoms with van der Waals surface area (Å²) in [6.07, 6.45) is 1.45. The van der Waals surface area contributed by atoms with Gasteiger partial charge in [-0.1, -0.05) is 11.2 Å². The second-order valence-electron chi connectivity index (χ2n) is 5.94. The Morgan fingerprint density at radius 1 is 1.25 bits per heavy atom. The van der Waals surface area contributed by atoms with Crippen LogP contribution in [0.4, 0.5) is 11.4 Å². The summed E-state index contributed by atoms with van der Waals surface area (Å²) in [5.74, 6) is 0.684. The summed E-state index contributed by atoms with van der Waals surface area (Å²) in [4.78, 5) is 27.0. The van der Waals surface area contributed by atoms with Gasteiger partial charge in [0.2, 0.25) is 0 Å². The number of methoxy groups -OCH3 is 1. The van der Waals surface area contributed by atoms with Crippen molar-refractivity contribution in [2.75, 3.05) is 19.0 Å². The number of hydrogen-bond donors (Lipinski definition) is 1. The van der Waals surface area contributed by atoms with Crippen molar-refractivity contribution in [3.8, 4) is 11.5 Å². The third-order valence-corrected chi connectivity index (χ3v) is 3.36. The maximum atomic E-state index is 11.8. The number of ether oxygens (including phenoxy) is 2. The van der Waals surface area contributed by atoms with Crippen molar-refractivity contribution in [1.82, 2.24) is 0 Å². The molecule has 0 fully saturated rings. The highest BCUT2D eigenvalue weighted by Gasteiger charge is 2.09. The van der Waals surface area contributed by atoms with E-state index >= 15 is 0 Å². The predicted octanol–water partition coefficient (Wildman–Crippen LogP) is 3.38. The molecule has 0 atom stereocenters. The smallest absolute Gasteiger partial charge is 0.271 e. The zero-order valence-electron chi connectivity index (χ0n) is 15.7. The van der Waals surface area contributed by atoms with Crippen LogP contribution >= 0.6 is 0 Å². The minimum Gasteiger partial charge on any atom is -0.493 e. The number of nitrogens with one attached hydrogen (secondary N) is 1. The zero-order chi connectivity index (χ0) is 20.5. The van der Waals surface area contributed by atoms with Gasteiger partial charge in [0.05, 0.1) is 24.4 Å². The minimum absolute atomic E-state index is 0.0151. The SMILES string of the molecule is COc1cc(/C=N\OCC(=O)Nc2cccc([N+](=O)[O-])c2)ccc1OC(C)C. The molecule has 0 spiro atoms. The monoisotopic (exact) mass is 387 g/mol. The second kappa shape index (κ2) is 9.91. The van der Waals surface area contributed by atoms with Crippen LogP contribution < -0.4 is 14.8 Å². The molecule has 0 aliphatic rings. The Morgan fingerprint density at radius 3 is 2.71 bits per heavy atom. The van der Waals surface area contributed by atoms with Crippen LogP contribution in [-0.2, 0) is 9.63 Å². The van der Waals surface area contributed by atoms with Crippen molar-refractivity contribution in [1.29, 1.82) is 0 Å². The molecule has 28 heavy (non-hydrogen) atoms. The number of non-ortho nitro benzene ring substituents is 1. The summed E-state index contributed by atoms with van der Waals surface area (Å²) >= 11 is 0. The molecule has 0 saturated heterocycles. The maximum Gasteiger partial charge on any atom is 0.271 e. The molecule has 0 saturated carbocycles. The second-order valence-corrected chi connectivity index (χ2v) is 5.94. The van der Waals surface area contributed by atoms with E-state index in [-0.39, 0.29) is 18.4 Å². The Morgan fingerprint density at radius 2 is 2.04 bits per heavy atom. The molecule has 0 aliphatic heterocycles. The number of hydrogen-bond acceptors (Lipinski definition) is 7. The fraction of sp³-hybridized carbons (Fsp3) is 0.263. The van der Waals surface area contributed by atoms with E-state index in [1.165, 1.54) is 31.5 Å². The summed E-state index contributed by atoms with van der Waals surface area (Å²) in [5.41, 5.74) is 0.889. The van der Waals surface area contributed by atoms with Crippen molar-refractivity contribution in [2.45, 2.75) is 20.0 Å². The normalized spacial score (nSPS) is 10.7. The molecule has 0 aliphatic carbocycles. The average Bonchev–Trinajstić information content (AvgIpc) is 2.66. The summed E-state index contributed by atoms with van der Waals surface area (Å²) in [6.45, 7) is 3.49. The van der Waals surface area contributed by atoms with Gasteiger partial charge in [0, 0.05) is 23.4 Å². The molecule has 1 N–H and O–H groups in total. The number of carbonyl (C=O) groups is 1. The van der Waals surface area contributed by atoms with Gasteiger partial charge in [-0.05, 0) is 38.1 Å². The summed E-state index contributed by atoms with van der Waals surface area (Å²) in [7, 11) is 1.54. The van der Waals surface area contributed by atoms with Gasteiger partial charge in [-0.15, -0.1) is 0 Å². The topological polar surface area (TPSA) is 112 Å². The number of rotatable bonds is 9. The number of carbonyl (C=O) groups excluding carboxylic acids is 1. The van der Waals surface area contributed by atoms with E-state index in [0.29, 0.717) is 22.7 Å². The number of oxime groups is 1. The van der Waals surface area contributed by atoms with Crippen LogP contribution in [0.2, 0.25) is 0 Å². The van der Waals surface area contributed by atoms with E-state index in [0.717, 1.165) is 0 Å². The van der Waals surface area contributed by atoms with Crippen LogP contribution in [0.5, 0.6) is 11.5 Å². The van der Waals surface area contributed by atoms with Gasteiger partial charge in [0.25, 0.3) is 11.6 Å². The van der Waals surface area contributed by atoms with Crippen LogP contribution in [0.3, 0.4) is 0 Å². The molecule has 2 rings (SSSR count). The van der Waals surface area contributed by atoms with E-state index in [9.17, 15) is 14.9 Å². The first-order valence-corrected chi connectivity index (χ1v) is 8.43. The molecule has 0 aromatic heterocycles. The molecule has 2 aromatic rings. The van der Waals surface area contributed by atoms with E-state index in [1.807, 2.05) is 13.8 Å². The number of nitrogens with zero attached hydrogens (tertiary/aromatic N) is 2. The van der Waals surface area contributed by atoms with Gasteiger partial charge >= 0.3 is 0 Å². The summed E-state index contributed by atoms with van der Waals surface area (Å²) in [6, 6.07) is 10.9. The van der Waals surface area contributed by atoms with Gasteiger partial charge in [-0.3, -0.25) is 14.9 Å². The molecule has 9 nitrogen and oxygen atoms in total. The van der Waals surface area contributed by atoms with Crippen molar-refractivity contribution >= 4 is 23.5 Å². The van der Waals surface area contributed by atoms with Gasteiger partial charge in [0.1, 0.15) is 0 Å². The van der Waals surface area contributed by atoms with Crippen molar-refractivity contribution in [3.05, 3.63) is 58.1 Å². The quantitative estimate of drug-likeness (QED) is 0.401. The first-order chi connectivity index (χ1) is 13.4. The first-order valence-electron chi connectivity index (χ1n) is 8.43.